The van der Waals surface area contributed by atoms with Crippen molar-refractivity contribution in [2.75, 3.05) is 14.2 Å². The van der Waals surface area contributed by atoms with Crippen molar-refractivity contribution in [2.45, 2.75) is 30.3 Å². The van der Waals surface area contributed by atoms with E-state index in [2.05, 4.69) is 10.0 Å². The first-order valence-electron chi connectivity index (χ1n) is 5.90. The van der Waals surface area contributed by atoms with Crippen LogP contribution in [0.2, 0.25) is 0 Å². The Morgan fingerprint density at radius 3 is 2.67 bits per heavy atom. The van der Waals surface area contributed by atoms with Gasteiger partial charge in [-0.05, 0) is 37.6 Å². The molecule has 0 unspecified atom stereocenters. The Labute approximate surface area is 108 Å². The number of nitrogens with one attached hydrogen (secondary N) is 2. The predicted octanol–water partition coefficient (Wildman–Crippen LogP) is 0.855. The molecule has 6 heteroatoms. The number of hydrogen-bond acceptors (Lipinski definition) is 4. The molecule has 1 fully saturated rings. The molecule has 0 amide bonds. The van der Waals surface area contributed by atoms with Crippen molar-refractivity contribution < 1.29 is 13.2 Å². The molecule has 0 aliphatic heterocycles. The van der Waals surface area contributed by atoms with Crippen molar-refractivity contribution in [3.05, 3.63) is 23.8 Å². The van der Waals surface area contributed by atoms with Gasteiger partial charge in [-0.3, -0.25) is 0 Å². The first-order chi connectivity index (χ1) is 8.56. The summed E-state index contributed by atoms with van der Waals surface area (Å²) in [6.07, 6.45) is 2.41. The van der Waals surface area contributed by atoms with E-state index in [0.29, 0.717) is 18.3 Å². The Bertz CT molecular complexity index is 524. The van der Waals surface area contributed by atoms with Gasteiger partial charge in [-0.2, -0.15) is 0 Å². The number of rotatable bonds is 6. The molecule has 0 aromatic heterocycles. The highest BCUT2D eigenvalue weighted by Crippen LogP contribution is 2.25. The van der Waals surface area contributed by atoms with Crippen LogP contribution in [0.5, 0.6) is 5.75 Å². The zero-order valence-corrected chi connectivity index (χ0v) is 11.4. The van der Waals surface area contributed by atoms with Gasteiger partial charge in [0.1, 0.15) is 10.6 Å². The van der Waals surface area contributed by atoms with Crippen LogP contribution in [0.15, 0.2) is 23.1 Å². The van der Waals surface area contributed by atoms with Crippen LogP contribution in [0.4, 0.5) is 0 Å². The molecule has 1 saturated carbocycles. The first-order valence-corrected chi connectivity index (χ1v) is 7.39. The normalized spacial score (nSPS) is 15.7. The van der Waals surface area contributed by atoms with Crippen molar-refractivity contribution in [1.29, 1.82) is 0 Å². The summed E-state index contributed by atoms with van der Waals surface area (Å²) in [7, 11) is -0.632. The lowest BCUT2D eigenvalue weighted by molar-refractivity contribution is 0.402. The molecule has 5 nitrogen and oxygen atoms in total. The van der Waals surface area contributed by atoms with Gasteiger partial charge in [-0.15, -0.1) is 0 Å². The number of ether oxygens (including phenoxy) is 1. The van der Waals surface area contributed by atoms with Gasteiger partial charge in [0.25, 0.3) is 0 Å². The van der Waals surface area contributed by atoms with E-state index in [4.69, 9.17) is 4.74 Å². The molecule has 0 bridgehead atoms. The van der Waals surface area contributed by atoms with Gasteiger partial charge in [0.15, 0.2) is 0 Å². The average molecular weight is 270 g/mol. The van der Waals surface area contributed by atoms with E-state index in [1.54, 1.807) is 12.1 Å². The van der Waals surface area contributed by atoms with E-state index < -0.39 is 10.0 Å². The van der Waals surface area contributed by atoms with Crippen molar-refractivity contribution >= 4 is 10.0 Å². The third-order valence-corrected chi connectivity index (χ3v) is 4.39. The maximum atomic E-state index is 11.9. The second kappa shape index (κ2) is 5.26. The highest BCUT2D eigenvalue weighted by molar-refractivity contribution is 7.89. The molecule has 1 aliphatic carbocycles. The van der Waals surface area contributed by atoms with Gasteiger partial charge >= 0.3 is 0 Å². The minimum absolute atomic E-state index is 0.183. The largest absolute Gasteiger partial charge is 0.495 e. The van der Waals surface area contributed by atoms with Gasteiger partial charge in [-0.25, -0.2) is 13.1 Å². The Morgan fingerprint density at radius 2 is 2.11 bits per heavy atom. The fourth-order valence-corrected chi connectivity index (χ4v) is 2.64. The summed E-state index contributed by atoms with van der Waals surface area (Å²) in [6, 6.07) is 5.81. The van der Waals surface area contributed by atoms with Crippen LogP contribution in [0.3, 0.4) is 0 Å². The maximum absolute atomic E-state index is 11.9. The second-order valence-corrected chi connectivity index (χ2v) is 6.20. The fourth-order valence-electron chi connectivity index (χ4n) is 1.70. The molecule has 0 atom stereocenters. The molecular weight excluding hydrogens is 252 g/mol. The maximum Gasteiger partial charge on any atom is 0.244 e. The minimum Gasteiger partial charge on any atom is -0.495 e. The summed E-state index contributed by atoms with van der Waals surface area (Å²) in [5, 5.41) is 3.35. The highest BCUT2D eigenvalue weighted by Gasteiger charge is 2.21. The Hall–Kier alpha value is -1.11. The summed E-state index contributed by atoms with van der Waals surface area (Å²) >= 11 is 0. The van der Waals surface area contributed by atoms with Gasteiger partial charge in [0.05, 0.1) is 7.11 Å². The molecule has 1 aliphatic rings. The van der Waals surface area contributed by atoms with Gasteiger partial charge in [0.2, 0.25) is 10.0 Å². The van der Waals surface area contributed by atoms with E-state index in [9.17, 15) is 8.42 Å². The average Bonchev–Trinajstić information content (AvgIpc) is 3.20. The lowest BCUT2D eigenvalue weighted by atomic mass is 10.2. The van der Waals surface area contributed by atoms with Gasteiger partial charge < -0.3 is 10.1 Å². The molecule has 0 spiro atoms. The topological polar surface area (TPSA) is 67.4 Å². The molecule has 1 aromatic carbocycles. The van der Waals surface area contributed by atoms with Crippen LogP contribution in [-0.4, -0.2) is 28.6 Å². The lowest BCUT2D eigenvalue weighted by Gasteiger charge is -2.11. The summed E-state index contributed by atoms with van der Waals surface area (Å²) in [5.74, 6) is 0.361. The molecular formula is C12H18N2O3S. The lowest BCUT2D eigenvalue weighted by Crippen LogP contribution is -2.20. The number of sulfonamides is 1. The van der Waals surface area contributed by atoms with E-state index in [1.165, 1.54) is 27.0 Å². The summed E-state index contributed by atoms with van der Waals surface area (Å²) in [6.45, 7) is 0.681. The Balaban J connectivity index is 2.26. The second-order valence-electron chi connectivity index (χ2n) is 4.35. The van der Waals surface area contributed by atoms with Crippen LogP contribution in [0.25, 0.3) is 0 Å². The number of hydrogen-bond donors (Lipinski definition) is 2. The van der Waals surface area contributed by atoms with Crippen molar-refractivity contribution in [1.82, 2.24) is 10.0 Å². The van der Waals surface area contributed by atoms with E-state index in [-0.39, 0.29) is 4.90 Å². The van der Waals surface area contributed by atoms with Crippen molar-refractivity contribution in [3.8, 4) is 5.75 Å². The number of benzene rings is 1. The first kappa shape index (κ1) is 13.3. The van der Waals surface area contributed by atoms with E-state index >= 15 is 0 Å². The molecule has 2 rings (SSSR count). The minimum atomic E-state index is -3.49. The number of methoxy groups -OCH3 is 1. The van der Waals surface area contributed by atoms with Crippen LogP contribution in [0.1, 0.15) is 18.4 Å². The van der Waals surface area contributed by atoms with Crippen LogP contribution >= 0.6 is 0 Å². The molecule has 100 valence electrons. The summed E-state index contributed by atoms with van der Waals surface area (Å²) in [5.41, 5.74) is 0.941. The van der Waals surface area contributed by atoms with Crippen LogP contribution in [-0.2, 0) is 16.6 Å². The van der Waals surface area contributed by atoms with Crippen molar-refractivity contribution in [3.63, 3.8) is 0 Å². The van der Waals surface area contributed by atoms with Gasteiger partial charge in [0, 0.05) is 12.6 Å². The molecule has 0 saturated heterocycles. The SMILES string of the molecule is CNS(=O)(=O)c1cc(CNC2CC2)ccc1OC. The monoisotopic (exact) mass is 270 g/mol. The van der Waals surface area contributed by atoms with Gasteiger partial charge in [-0.1, -0.05) is 6.07 Å². The van der Waals surface area contributed by atoms with E-state index in [1.807, 2.05) is 6.07 Å². The molecule has 1 aromatic rings. The zero-order valence-electron chi connectivity index (χ0n) is 10.6. The standard InChI is InChI=1S/C12H18N2O3S/c1-13-18(15,16)12-7-9(3-6-11(12)17-2)8-14-10-4-5-10/h3,6-7,10,13-14H,4-5,8H2,1-2H3. The molecule has 18 heavy (non-hydrogen) atoms. The van der Waals surface area contributed by atoms with Crippen LogP contribution in [0, 0.1) is 0 Å². The summed E-state index contributed by atoms with van der Waals surface area (Å²) < 4.78 is 31.1. The third-order valence-electron chi connectivity index (χ3n) is 2.96. The predicted molar refractivity (Wildman–Crippen MR) is 69.1 cm³/mol. The molecule has 0 radical (unpaired) electrons. The quantitative estimate of drug-likeness (QED) is 0.804. The molecule has 2 N–H and O–H groups in total. The third kappa shape index (κ3) is 3.01. The fraction of sp³-hybridized carbons (Fsp3) is 0.500. The highest BCUT2D eigenvalue weighted by atomic mass is 32.2. The van der Waals surface area contributed by atoms with E-state index in [0.717, 1.165) is 5.56 Å². The van der Waals surface area contributed by atoms with Crippen molar-refractivity contribution in [2.24, 2.45) is 0 Å². The Kier molecular flexibility index (Phi) is 3.89. The summed E-state index contributed by atoms with van der Waals surface area (Å²) in [4.78, 5) is 0.183. The zero-order chi connectivity index (χ0) is 13.2. The molecule has 0 heterocycles. The van der Waals surface area contributed by atoms with Crippen LogP contribution < -0.4 is 14.8 Å². The smallest absolute Gasteiger partial charge is 0.244 e. The Morgan fingerprint density at radius 1 is 1.39 bits per heavy atom.